The summed E-state index contributed by atoms with van der Waals surface area (Å²) in [6.45, 7) is 4.22. The number of fused-ring (bicyclic) bond motifs is 1. The van der Waals surface area contributed by atoms with Crippen LogP contribution in [0.15, 0.2) is 30.5 Å². The number of rotatable bonds is 7. The molecular weight excluding hydrogens is 248 g/mol. The van der Waals surface area contributed by atoms with E-state index in [-0.39, 0.29) is 5.91 Å². The normalized spacial score (nSPS) is 11.2. The van der Waals surface area contributed by atoms with Gasteiger partial charge < -0.3 is 10.3 Å². The first kappa shape index (κ1) is 14.6. The number of H-pyrrole nitrogens is 1. The Morgan fingerprint density at radius 1 is 1.25 bits per heavy atom. The van der Waals surface area contributed by atoms with Crippen LogP contribution in [0.25, 0.3) is 10.9 Å². The van der Waals surface area contributed by atoms with Gasteiger partial charge in [-0.2, -0.15) is 0 Å². The molecule has 0 saturated heterocycles. The quantitative estimate of drug-likeness (QED) is 0.791. The highest BCUT2D eigenvalue weighted by atomic mass is 16.1. The van der Waals surface area contributed by atoms with Gasteiger partial charge >= 0.3 is 0 Å². The third-order valence-electron chi connectivity index (χ3n) is 3.88. The lowest BCUT2D eigenvalue weighted by molar-refractivity contribution is -0.121. The van der Waals surface area contributed by atoms with Crippen molar-refractivity contribution in [3.63, 3.8) is 0 Å². The van der Waals surface area contributed by atoms with E-state index in [1.807, 2.05) is 6.07 Å². The molecule has 20 heavy (non-hydrogen) atoms. The second-order valence-corrected chi connectivity index (χ2v) is 5.29. The largest absolute Gasteiger partial charge is 0.361 e. The fourth-order valence-electron chi connectivity index (χ4n) is 2.57. The third-order valence-corrected chi connectivity index (χ3v) is 3.88. The van der Waals surface area contributed by atoms with E-state index < -0.39 is 0 Å². The van der Waals surface area contributed by atoms with E-state index >= 15 is 0 Å². The Morgan fingerprint density at radius 3 is 2.75 bits per heavy atom. The number of nitrogens with one attached hydrogen (secondary N) is 2. The number of aromatic amines is 1. The Labute approximate surface area is 120 Å². The molecule has 0 radical (unpaired) electrons. The molecule has 0 aliphatic carbocycles. The number of aromatic nitrogens is 1. The number of carbonyl (C=O) groups excluding carboxylic acids is 1. The molecule has 0 bridgehead atoms. The lowest BCUT2D eigenvalue weighted by Crippen LogP contribution is -2.33. The van der Waals surface area contributed by atoms with E-state index in [2.05, 4.69) is 48.5 Å². The van der Waals surface area contributed by atoms with Crippen molar-refractivity contribution in [3.05, 3.63) is 36.0 Å². The smallest absolute Gasteiger partial charge is 0.220 e. The molecule has 0 aliphatic heterocycles. The van der Waals surface area contributed by atoms with E-state index in [1.165, 1.54) is 16.5 Å². The van der Waals surface area contributed by atoms with Crippen LogP contribution in [0.5, 0.6) is 0 Å². The second-order valence-electron chi connectivity index (χ2n) is 5.29. The predicted octanol–water partition coefficient (Wildman–Crippen LogP) is 3.80. The minimum Gasteiger partial charge on any atom is -0.361 e. The summed E-state index contributed by atoms with van der Waals surface area (Å²) in [4.78, 5) is 15.1. The van der Waals surface area contributed by atoms with Gasteiger partial charge in [-0.1, -0.05) is 32.0 Å². The Bertz CT molecular complexity index is 555. The van der Waals surface area contributed by atoms with Crippen molar-refractivity contribution in [2.75, 3.05) is 0 Å². The summed E-state index contributed by atoms with van der Waals surface area (Å²) in [5.74, 6) is 0.179. The van der Waals surface area contributed by atoms with Crippen LogP contribution in [0.3, 0.4) is 0 Å². The van der Waals surface area contributed by atoms with Crippen molar-refractivity contribution < 1.29 is 4.79 Å². The molecule has 1 aromatic heterocycles. The maximum atomic E-state index is 11.8. The highest BCUT2D eigenvalue weighted by Crippen LogP contribution is 2.19. The maximum Gasteiger partial charge on any atom is 0.220 e. The molecule has 1 aromatic carbocycles. The van der Waals surface area contributed by atoms with Gasteiger partial charge in [0.25, 0.3) is 0 Å². The first-order chi connectivity index (χ1) is 9.74. The molecule has 0 atom stereocenters. The molecule has 0 unspecified atom stereocenters. The van der Waals surface area contributed by atoms with E-state index in [0.29, 0.717) is 12.5 Å². The summed E-state index contributed by atoms with van der Waals surface area (Å²) >= 11 is 0. The van der Waals surface area contributed by atoms with Crippen molar-refractivity contribution in [3.8, 4) is 0 Å². The van der Waals surface area contributed by atoms with Gasteiger partial charge in [0.2, 0.25) is 5.91 Å². The molecule has 3 heteroatoms. The monoisotopic (exact) mass is 272 g/mol. The Kier molecular flexibility index (Phi) is 5.22. The summed E-state index contributed by atoms with van der Waals surface area (Å²) in [5.41, 5.74) is 2.47. The molecule has 2 aromatic rings. The minimum atomic E-state index is 0.179. The topological polar surface area (TPSA) is 44.9 Å². The number of aryl methyl sites for hydroxylation is 1. The number of amides is 1. The molecular formula is C17H24N2O. The van der Waals surface area contributed by atoms with Gasteiger partial charge in [-0.15, -0.1) is 0 Å². The van der Waals surface area contributed by atoms with Gasteiger partial charge in [-0.3, -0.25) is 4.79 Å². The van der Waals surface area contributed by atoms with Crippen LogP contribution in [0, 0.1) is 0 Å². The molecule has 1 amide bonds. The van der Waals surface area contributed by atoms with E-state index in [0.717, 1.165) is 25.7 Å². The number of hydrogen-bond acceptors (Lipinski definition) is 1. The molecule has 2 N–H and O–H groups in total. The number of hydrogen-bond donors (Lipinski definition) is 2. The van der Waals surface area contributed by atoms with Crippen LogP contribution < -0.4 is 5.32 Å². The summed E-state index contributed by atoms with van der Waals surface area (Å²) in [6, 6.07) is 8.63. The van der Waals surface area contributed by atoms with Gasteiger partial charge in [0.15, 0.2) is 0 Å². The predicted molar refractivity (Wildman–Crippen MR) is 83.7 cm³/mol. The summed E-state index contributed by atoms with van der Waals surface area (Å²) in [7, 11) is 0. The van der Waals surface area contributed by atoms with Gasteiger partial charge in [0, 0.05) is 29.6 Å². The summed E-state index contributed by atoms with van der Waals surface area (Å²) in [6.07, 6.45) is 6.52. The Morgan fingerprint density at radius 2 is 2.00 bits per heavy atom. The SMILES string of the molecule is CCC(CC)NC(=O)CCCc1c[nH]c2ccccc12. The van der Waals surface area contributed by atoms with Crippen LogP contribution in [0.1, 0.15) is 45.1 Å². The van der Waals surface area contributed by atoms with Gasteiger partial charge in [0.05, 0.1) is 0 Å². The molecule has 1 heterocycles. The average Bonchev–Trinajstić information content (AvgIpc) is 2.88. The van der Waals surface area contributed by atoms with Crippen LogP contribution in [0.4, 0.5) is 0 Å². The fourth-order valence-corrected chi connectivity index (χ4v) is 2.57. The van der Waals surface area contributed by atoms with Crippen LogP contribution in [-0.2, 0) is 11.2 Å². The molecule has 2 rings (SSSR count). The van der Waals surface area contributed by atoms with E-state index in [9.17, 15) is 4.79 Å². The molecule has 108 valence electrons. The standard InChI is InChI=1S/C17H24N2O/c1-3-14(4-2)19-17(20)11-7-8-13-12-18-16-10-6-5-9-15(13)16/h5-6,9-10,12,14,18H,3-4,7-8,11H2,1-2H3,(H,19,20). The first-order valence-corrected chi connectivity index (χ1v) is 7.59. The van der Waals surface area contributed by atoms with Gasteiger partial charge in [0.1, 0.15) is 0 Å². The van der Waals surface area contributed by atoms with E-state index in [4.69, 9.17) is 0 Å². The fraction of sp³-hybridized carbons (Fsp3) is 0.471. The lowest BCUT2D eigenvalue weighted by atomic mass is 10.1. The molecule has 0 saturated carbocycles. The zero-order chi connectivity index (χ0) is 14.4. The number of carbonyl (C=O) groups is 1. The second kappa shape index (κ2) is 7.13. The number of para-hydroxylation sites is 1. The van der Waals surface area contributed by atoms with Crippen molar-refractivity contribution in [2.45, 2.75) is 52.0 Å². The lowest BCUT2D eigenvalue weighted by Gasteiger charge is -2.14. The van der Waals surface area contributed by atoms with Crippen LogP contribution in [0.2, 0.25) is 0 Å². The first-order valence-electron chi connectivity index (χ1n) is 7.59. The highest BCUT2D eigenvalue weighted by molar-refractivity contribution is 5.83. The van der Waals surface area contributed by atoms with Gasteiger partial charge in [-0.25, -0.2) is 0 Å². The van der Waals surface area contributed by atoms with Crippen molar-refractivity contribution >= 4 is 16.8 Å². The van der Waals surface area contributed by atoms with Crippen molar-refractivity contribution in [1.82, 2.24) is 10.3 Å². The van der Waals surface area contributed by atoms with E-state index in [1.54, 1.807) is 0 Å². The number of benzene rings is 1. The van der Waals surface area contributed by atoms with Crippen LogP contribution in [-0.4, -0.2) is 16.9 Å². The van der Waals surface area contributed by atoms with Crippen molar-refractivity contribution in [2.24, 2.45) is 0 Å². The molecule has 0 spiro atoms. The Hall–Kier alpha value is -1.77. The highest BCUT2D eigenvalue weighted by Gasteiger charge is 2.09. The molecule has 0 aliphatic rings. The summed E-state index contributed by atoms with van der Waals surface area (Å²) in [5, 5.41) is 4.36. The van der Waals surface area contributed by atoms with Crippen molar-refractivity contribution in [1.29, 1.82) is 0 Å². The Balaban J connectivity index is 1.82. The maximum absolute atomic E-state index is 11.8. The zero-order valence-corrected chi connectivity index (χ0v) is 12.4. The summed E-state index contributed by atoms with van der Waals surface area (Å²) < 4.78 is 0. The average molecular weight is 272 g/mol. The minimum absolute atomic E-state index is 0.179. The molecule has 0 fully saturated rings. The van der Waals surface area contributed by atoms with Crippen LogP contribution >= 0.6 is 0 Å². The molecule has 3 nitrogen and oxygen atoms in total. The third kappa shape index (κ3) is 3.62. The zero-order valence-electron chi connectivity index (χ0n) is 12.4. The van der Waals surface area contributed by atoms with Gasteiger partial charge in [-0.05, 0) is 37.3 Å².